The lowest BCUT2D eigenvalue weighted by Gasteiger charge is -2.18. The van der Waals surface area contributed by atoms with Crippen LogP contribution in [0.3, 0.4) is 0 Å². The van der Waals surface area contributed by atoms with E-state index in [4.69, 9.17) is 23.4 Å². The van der Waals surface area contributed by atoms with Crippen molar-refractivity contribution in [1.29, 1.82) is 0 Å². The summed E-state index contributed by atoms with van der Waals surface area (Å²) in [5.74, 6) is 2.43. The van der Waals surface area contributed by atoms with Crippen LogP contribution in [0.15, 0.2) is 40.8 Å². The highest BCUT2D eigenvalue weighted by Crippen LogP contribution is 2.27. The Bertz CT molecular complexity index is 1110. The van der Waals surface area contributed by atoms with E-state index in [9.17, 15) is 4.79 Å². The molecule has 0 bridgehead atoms. The zero-order chi connectivity index (χ0) is 25.5. The van der Waals surface area contributed by atoms with Crippen molar-refractivity contribution in [2.24, 2.45) is 0 Å². The predicted octanol–water partition coefficient (Wildman–Crippen LogP) is 5.75. The van der Waals surface area contributed by atoms with E-state index in [0.29, 0.717) is 24.7 Å². The van der Waals surface area contributed by atoms with Crippen molar-refractivity contribution in [2.75, 3.05) is 13.7 Å². The first-order chi connectivity index (χ1) is 16.7. The number of esters is 1. The summed E-state index contributed by atoms with van der Waals surface area (Å²) in [5, 5.41) is 0. The number of hydrogen-bond acceptors (Lipinski definition) is 7. The van der Waals surface area contributed by atoms with E-state index in [1.165, 1.54) is 7.11 Å². The van der Waals surface area contributed by atoms with Crippen LogP contribution in [-0.4, -0.2) is 36.9 Å². The molecule has 0 spiro atoms. The number of carbonyl (C=O) groups excluding carboxylic acids is 1. The second-order valence-electron chi connectivity index (χ2n) is 8.71. The summed E-state index contributed by atoms with van der Waals surface area (Å²) < 4.78 is 28.1. The molecule has 35 heavy (non-hydrogen) atoms. The van der Waals surface area contributed by atoms with E-state index in [0.717, 1.165) is 39.4 Å². The van der Waals surface area contributed by atoms with Gasteiger partial charge in [0.15, 0.2) is 6.10 Å². The molecule has 1 atom stereocenters. The Balaban J connectivity index is 1.70. The maximum Gasteiger partial charge on any atom is 0.335 e. The van der Waals surface area contributed by atoms with Gasteiger partial charge in [0.05, 0.1) is 13.2 Å². The first-order valence-electron chi connectivity index (χ1n) is 11.9. The van der Waals surface area contributed by atoms with Crippen LogP contribution in [0.5, 0.6) is 11.5 Å². The number of benzene rings is 2. The van der Waals surface area contributed by atoms with Crippen LogP contribution >= 0.6 is 0 Å². The molecule has 1 aromatic heterocycles. The van der Waals surface area contributed by atoms with E-state index in [2.05, 4.69) is 4.98 Å². The standard InChI is InChI=1S/C28H35NO6/c1-8-32-26(28(30)31-7)15-24-18(4)13-23(14-19(24)5)33-16-25-20(6)35-27(29-25)21-9-11-22(12-10-21)34-17(2)3/h9-14,17,26H,8,15-16H2,1-7H3/t26-/m0/s1. The Labute approximate surface area is 207 Å². The van der Waals surface area contributed by atoms with Gasteiger partial charge in [-0.05, 0) is 94.6 Å². The zero-order valence-corrected chi connectivity index (χ0v) is 21.6. The number of hydrogen-bond donors (Lipinski definition) is 0. The van der Waals surface area contributed by atoms with Crippen LogP contribution in [0.1, 0.15) is 48.9 Å². The van der Waals surface area contributed by atoms with Crippen molar-refractivity contribution >= 4 is 5.97 Å². The number of nitrogens with zero attached hydrogens (tertiary/aromatic N) is 1. The Hall–Kier alpha value is -3.32. The Morgan fingerprint density at radius 1 is 1.03 bits per heavy atom. The Kier molecular flexibility index (Phi) is 8.93. The molecule has 0 aliphatic carbocycles. The third-order valence-corrected chi connectivity index (χ3v) is 5.63. The van der Waals surface area contributed by atoms with Crippen molar-refractivity contribution in [3.63, 3.8) is 0 Å². The molecule has 0 radical (unpaired) electrons. The molecule has 0 aliphatic rings. The zero-order valence-electron chi connectivity index (χ0n) is 21.6. The average molecular weight is 482 g/mol. The predicted molar refractivity (Wildman–Crippen MR) is 134 cm³/mol. The SMILES string of the molecule is CCO[C@@H](Cc1c(C)cc(OCc2nc(-c3ccc(OC(C)C)cc3)oc2C)cc1C)C(=O)OC. The highest BCUT2D eigenvalue weighted by Gasteiger charge is 2.22. The summed E-state index contributed by atoms with van der Waals surface area (Å²) in [7, 11) is 1.37. The maximum atomic E-state index is 12.1. The molecule has 0 fully saturated rings. The fourth-order valence-corrected chi connectivity index (χ4v) is 3.87. The normalized spacial score (nSPS) is 12.0. The minimum absolute atomic E-state index is 0.119. The number of aryl methyl sites for hydroxylation is 3. The van der Waals surface area contributed by atoms with Gasteiger partial charge >= 0.3 is 5.97 Å². The molecule has 7 heteroatoms. The maximum absolute atomic E-state index is 12.1. The third kappa shape index (κ3) is 6.85. The number of aromatic nitrogens is 1. The molecule has 3 rings (SSSR count). The highest BCUT2D eigenvalue weighted by atomic mass is 16.6. The molecule has 1 heterocycles. The summed E-state index contributed by atoms with van der Waals surface area (Å²) in [5.41, 5.74) is 4.71. The van der Waals surface area contributed by atoms with E-state index >= 15 is 0 Å². The molecule has 0 saturated carbocycles. The number of methoxy groups -OCH3 is 1. The lowest BCUT2D eigenvalue weighted by molar-refractivity contribution is -0.153. The Morgan fingerprint density at radius 2 is 1.69 bits per heavy atom. The number of oxazole rings is 1. The molecular weight excluding hydrogens is 446 g/mol. The monoisotopic (exact) mass is 481 g/mol. The second kappa shape index (κ2) is 11.9. The summed E-state index contributed by atoms with van der Waals surface area (Å²) in [6.07, 6.45) is -0.0594. The van der Waals surface area contributed by atoms with E-state index < -0.39 is 6.10 Å². The fraction of sp³-hybridized carbons (Fsp3) is 0.429. The molecule has 0 aliphatic heterocycles. The van der Waals surface area contributed by atoms with Crippen LogP contribution < -0.4 is 9.47 Å². The quantitative estimate of drug-likeness (QED) is 0.322. The number of ether oxygens (including phenoxy) is 4. The minimum atomic E-state index is -0.628. The lowest BCUT2D eigenvalue weighted by atomic mass is 9.97. The van der Waals surface area contributed by atoms with Gasteiger partial charge in [-0.15, -0.1) is 0 Å². The van der Waals surface area contributed by atoms with Crippen molar-refractivity contribution in [3.8, 4) is 23.0 Å². The fourth-order valence-electron chi connectivity index (χ4n) is 3.87. The highest BCUT2D eigenvalue weighted by molar-refractivity contribution is 5.75. The Morgan fingerprint density at radius 3 is 2.26 bits per heavy atom. The van der Waals surface area contributed by atoms with Crippen LogP contribution in [-0.2, 0) is 27.3 Å². The van der Waals surface area contributed by atoms with Gasteiger partial charge in [0.1, 0.15) is 29.6 Å². The van der Waals surface area contributed by atoms with Crippen LogP contribution in [0.4, 0.5) is 0 Å². The molecule has 0 saturated heterocycles. The van der Waals surface area contributed by atoms with Gasteiger partial charge < -0.3 is 23.4 Å². The lowest BCUT2D eigenvalue weighted by Crippen LogP contribution is -2.28. The van der Waals surface area contributed by atoms with Crippen molar-refractivity contribution in [3.05, 3.63) is 64.5 Å². The van der Waals surface area contributed by atoms with E-state index in [1.807, 2.05) is 77.9 Å². The second-order valence-corrected chi connectivity index (χ2v) is 8.71. The molecule has 7 nitrogen and oxygen atoms in total. The molecule has 0 N–H and O–H groups in total. The molecular formula is C28H35NO6. The minimum Gasteiger partial charge on any atom is -0.491 e. The topological polar surface area (TPSA) is 80.0 Å². The molecule has 3 aromatic rings. The van der Waals surface area contributed by atoms with Gasteiger partial charge in [0, 0.05) is 18.6 Å². The molecule has 188 valence electrons. The summed E-state index contributed by atoms with van der Waals surface area (Å²) in [6.45, 7) is 12.5. The smallest absolute Gasteiger partial charge is 0.335 e. The number of carbonyl (C=O) groups is 1. The summed E-state index contributed by atoms with van der Waals surface area (Å²) in [6, 6.07) is 11.6. The first-order valence-corrected chi connectivity index (χ1v) is 11.9. The van der Waals surface area contributed by atoms with Gasteiger partial charge in [-0.1, -0.05) is 0 Å². The average Bonchev–Trinajstić information content (AvgIpc) is 3.19. The van der Waals surface area contributed by atoms with Crippen LogP contribution in [0.2, 0.25) is 0 Å². The van der Waals surface area contributed by atoms with Crippen molar-refractivity contribution < 1.29 is 28.2 Å². The summed E-state index contributed by atoms with van der Waals surface area (Å²) in [4.78, 5) is 16.7. The van der Waals surface area contributed by atoms with Gasteiger partial charge in [0.2, 0.25) is 5.89 Å². The first kappa shape index (κ1) is 26.3. The largest absolute Gasteiger partial charge is 0.491 e. The number of rotatable bonds is 11. The van der Waals surface area contributed by atoms with Crippen LogP contribution in [0.25, 0.3) is 11.5 Å². The van der Waals surface area contributed by atoms with Gasteiger partial charge in [-0.2, -0.15) is 0 Å². The van der Waals surface area contributed by atoms with Gasteiger partial charge in [-0.25, -0.2) is 9.78 Å². The summed E-state index contributed by atoms with van der Waals surface area (Å²) >= 11 is 0. The van der Waals surface area contributed by atoms with E-state index in [-0.39, 0.29) is 18.7 Å². The molecule has 0 unspecified atom stereocenters. The molecule has 0 amide bonds. The van der Waals surface area contributed by atoms with Gasteiger partial charge in [0.25, 0.3) is 0 Å². The van der Waals surface area contributed by atoms with Gasteiger partial charge in [-0.3, -0.25) is 0 Å². The molecule has 2 aromatic carbocycles. The third-order valence-electron chi connectivity index (χ3n) is 5.63. The van der Waals surface area contributed by atoms with E-state index in [1.54, 1.807) is 0 Å². The van der Waals surface area contributed by atoms with Crippen molar-refractivity contribution in [1.82, 2.24) is 4.98 Å². The van der Waals surface area contributed by atoms with Crippen LogP contribution in [0, 0.1) is 20.8 Å². The van der Waals surface area contributed by atoms with Crippen molar-refractivity contribution in [2.45, 2.75) is 66.8 Å².